The van der Waals surface area contributed by atoms with E-state index in [0.717, 1.165) is 51.8 Å². The molecule has 0 spiro atoms. The minimum atomic E-state index is -0.0442. The number of aliphatic hydroxyl groups excluding tert-OH is 1. The van der Waals surface area contributed by atoms with Crippen molar-refractivity contribution in [2.75, 3.05) is 46.5 Å². The zero-order chi connectivity index (χ0) is 16.0. The van der Waals surface area contributed by atoms with Gasteiger partial charge < -0.3 is 19.9 Å². The summed E-state index contributed by atoms with van der Waals surface area (Å²) in [6.45, 7) is 4.03. The summed E-state index contributed by atoms with van der Waals surface area (Å²) < 4.78 is 11.3. The summed E-state index contributed by atoms with van der Waals surface area (Å²) in [5.74, 6) is 0.105. The highest BCUT2D eigenvalue weighted by molar-refractivity contribution is 5.75. The van der Waals surface area contributed by atoms with E-state index in [0.29, 0.717) is 19.6 Å². The molecule has 1 aliphatic heterocycles. The van der Waals surface area contributed by atoms with E-state index in [2.05, 4.69) is 10.2 Å². The number of nitrogens with zero attached hydrogens (tertiary/aromatic N) is 1. The van der Waals surface area contributed by atoms with Crippen LogP contribution in [-0.4, -0.2) is 68.7 Å². The first-order valence-corrected chi connectivity index (χ1v) is 8.53. The molecule has 0 radical (unpaired) electrons. The summed E-state index contributed by atoms with van der Waals surface area (Å²) in [7, 11) is 1.67. The summed E-state index contributed by atoms with van der Waals surface area (Å²) in [5, 5.41) is 11.8. The van der Waals surface area contributed by atoms with Crippen LogP contribution >= 0.6 is 0 Å². The van der Waals surface area contributed by atoms with E-state index in [1.807, 2.05) is 0 Å². The van der Waals surface area contributed by atoms with E-state index >= 15 is 0 Å². The van der Waals surface area contributed by atoms with Crippen molar-refractivity contribution in [1.29, 1.82) is 0 Å². The average molecular weight is 316 g/mol. The second-order valence-corrected chi connectivity index (χ2v) is 5.72. The van der Waals surface area contributed by atoms with Gasteiger partial charge in [-0.05, 0) is 38.6 Å². The van der Waals surface area contributed by atoms with Crippen LogP contribution in [0.2, 0.25) is 0 Å². The SMILES string of the molecule is CNC(=O)CCCCCN(CCO)CCO[C@@H]1CCCCO1. The maximum absolute atomic E-state index is 11.1. The molecule has 0 saturated carbocycles. The highest BCUT2D eigenvalue weighted by Crippen LogP contribution is 2.13. The summed E-state index contributed by atoms with van der Waals surface area (Å²) in [6.07, 6.45) is 6.83. The maximum Gasteiger partial charge on any atom is 0.219 e. The third-order valence-corrected chi connectivity index (χ3v) is 3.92. The second kappa shape index (κ2) is 12.8. The van der Waals surface area contributed by atoms with Crippen LogP contribution < -0.4 is 5.32 Å². The number of hydrogen-bond donors (Lipinski definition) is 2. The van der Waals surface area contributed by atoms with Crippen molar-refractivity contribution < 1.29 is 19.4 Å². The number of nitrogens with one attached hydrogen (secondary N) is 1. The van der Waals surface area contributed by atoms with Gasteiger partial charge in [0, 0.05) is 33.2 Å². The van der Waals surface area contributed by atoms with Crippen molar-refractivity contribution in [3.05, 3.63) is 0 Å². The van der Waals surface area contributed by atoms with Crippen molar-refractivity contribution in [3.63, 3.8) is 0 Å². The van der Waals surface area contributed by atoms with Crippen LogP contribution in [0, 0.1) is 0 Å². The Bertz CT molecular complexity index is 283. The van der Waals surface area contributed by atoms with Gasteiger partial charge in [0.25, 0.3) is 0 Å². The van der Waals surface area contributed by atoms with Crippen LogP contribution in [0.5, 0.6) is 0 Å². The lowest BCUT2D eigenvalue weighted by Gasteiger charge is -2.25. The van der Waals surface area contributed by atoms with Crippen LogP contribution in [0.4, 0.5) is 0 Å². The molecular weight excluding hydrogens is 284 g/mol. The molecule has 0 bridgehead atoms. The third kappa shape index (κ3) is 9.35. The molecule has 1 amide bonds. The monoisotopic (exact) mass is 316 g/mol. The minimum absolute atomic E-state index is 0.0442. The lowest BCUT2D eigenvalue weighted by Crippen LogP contribution is -2.33. The Morgan fingerprint density at radius 2 is 2.14 bits per heavy atom. The van der Waals surface area contributed by atoms with Crippen molar-refractivity contribution in [3.8, 4) is 0 Å². The molecule has 0 unspecified atom stereocenters. The topological polar surface area (TPSA) is 71.0 Å². The smallest absolute Gasteiger partial charge is 0.219 e. The Labute approximate surface area is 134 Å². The van der Waals surface area contributed by atoms with Gasteiger partial charge in [-0.3, -0.25) is 9.69 Å². The first-order chi connectivity index (χ1) is 10.8. The van der Waals surface area contributed by atoms with Gasteiger partial charge >= 0.3 is 0 Å². The molecule has 1 fully saturated rings. The van der Waals surface area contributed by atoms with Gasteiger partial charge in [-0.15, -0.1) is 0 Å². The van der Waals surface area contributed by atoms with E-state index in [1.165, 1.54) is 6.42 Å². The molecular formula is C16H32N2O4. The van der Waals surface area contributed by atoms with Crippen molar-refractivity contribution >= 4 is 5.91 Å². The Morgan fingerprint density at radius 3 is 2.82 bits per heavy atom. The fraction of sp³-hybridized carbons (Fsp3) is 0.938. The molecule has 6 nitrogen and oxygen atoms in total. The molecule has 1 saturated heterocycles. The Hall–Kier alpha value is -0.690. The molecule has 6 heteroatoms. The van der Waals surface area contributed by atoms with Gasteiger partial charge in [0.2, 0.25) is 5.91 Å². The lowest BCUT2D eigenvalue weighted by atomic mass is 10.2. The predicted octanol–water partition coefficient (Wildman–Crippen LogP) is 1.13. The summed E-state index contributed by atoms with van der Waals surface area (Å²) in [5.41, 5.74) is 0. The molecule has 0 aromatic heterocycles. The molecule has 1 atom stereocenters. The number of carbonyl (C=O) groups is 1. The second-order valence-electron chi connectivity index (χ2n) is 5.72. The lowest BCUT2D eigenvalue weighted by molar-refractivity contribution is -0.164. The summed E-state index contributed by atoms with van der Waals surface area (Å²) in [6, 6.07) is 0. The summed E-state index contributed by atoms with van der Waals surface area (Å²) >= 11 is 0. The van der Waals surface area contributed by atoms with E-state index in [1.54, 1.807) is 7.05 Å². The Morgan fingerprint density at radius 1 is 1.27 bits per heavy atom. The fourth-order valence-corrected chi connectivity index (χ4v) is 2.56. The van der Waals surface area contributed by atoms with Crippen LogP contribution in [0.15, 0.2) is 0 Å². The number of aliphatic hydroxyl groups is 1. The largest absolute Gasteiger partial charge is 0.395 e. The number of rotatable bonds is 12. The molecule has 130 valence electrons. The average Bonchev–Trinajstić information content (AvgIpc) is 2.55. The van der Waals surface area contributed by atoms with Crippen molar-refractivity contribution in [1.82, 2.24) is 10.2 Å². The number of ether oxygens (including phenoxy) is 2. The number of hydrogen-bond acceptors (Lipinski definition) is 5. The third-order valence-electron chi connectivity index (χ3n) is 3.92. The minimum Gasteiger partial charge on any atom is -0.395 e. The van der Waals surface area contributed by atoms with Gasteiger partial charge in [-0.25, -0.2) is 0 Å². The fourth-order valence-electron chi connectivity index (χ4n) is 2.56. The van der Waals surface area contributed by atoms with Gasteiger partial charge in [-0.1, -0.05) is 6.42 Å². The van der Waals surface area contributed by atoms with Gasteiger partial charge in [0.05, 0.1) is 13.2 Å². The standard InChI is InChI=1S/C16H32N2O4/c1-17-15(20)7-3-2-5-9-18(10-12-19)11-14-22-16-8-4-6-13-21-16/h16,19H,2-14H2,1H3,(H,17,20)/t16-/m1/s1. The number of amides is 1. The van der Waals surface area contributed by atoms with Crippen molar-refractivity contribution in [2.45, 2.75) is 51.2 Å². The molecule has 0 aromatic carbocycles. The molecule has 0 aliphatic carbocycles. The van der Waals surface area contributed by atoms with Gasteiger partial charge in [0.1, 0.15) is 0 Å². The zero-order valence-electron chi connectivity index (χ0n) is 13.9. The maximum atomic E-state index is 11.1. The zero-order valence-corrected chi connectivity index (χ0v) is 13.9. The highest BCUT2D eigenvalue weighted by Gasteiger charge is 2.14. The number of unbranched alkanes of at least 4 members (excludes halogenated alkanes) is 2. The van der Waals surface area contributed by atoms with Crippen molar-refractivity contribution in [2.24, 2.45) is 0 Å². The molecule has 1 rings (SSSR count). The molecule has 1 aliphatic rings. The van der Waals surface area contributed by atoms with Gasteiger partial charge in [-0.2, -0.15) is 0 Å². The molecule has 2 N–H and O–H groups in total. The quantitative estimate of drug-likeness (QED) is 0.528. The van der Waals surface area contributed by atoms with E-state index in [9.17, 15) is 4.79 Å². The predicted molar refractivity (Wildman–Crippen MR) is 85.6 cm³/mol. The van der Waals surface area contributed by atoms with Gasteiger partial charge in [0.15, 0.2) is 6.29 Å². The number of carbonyl (C=O) groups excluding carboxylic acids is 1. The first-order valence-electron chi connectivity index (χ1n) is 8.53. The van der Waals surface area contributed by atoms with E-state index in [-0.39, 0.29) is 18.8 Å². The summed E-state index contributed by atoms with van der Waals surface area (Å²) in [4.78, 5) is 13.3. The van der Waals surface area contributed by atoms with Crippen LogP contribution in [-0.2, 0) is 14.3 Å². The van der Waals surface area contributed by atoms with E-state index in [4.69, 9.17) is 14.6 Å². The first kappa shape index (κ1) is 19.4. The Kier molecular flexibility index (Phi) is 11.3. The highest BCUT2D eigenvalue weighted by atomic mass is 16.7. The van der Waals surface area contributed by atoms with Crippen LogP contribution in [0.3, 0.4) is 0 Å². The molecule has 22 heavy (non-hydrogen) atoms. The Balaban J connectivity index is 2.06. The van der Waals surface area contributed by atoms with Crippen LogP contribution in [0.1, 0.15) is 44.9 Å². The van der Waals surface area contributed by atoms with Crippen LogP contribution in [0.25, 0.3) is 0 Å². The van der Waals surface area contributed by atoms with E-state index < -0.39 is 0 Å². The molecule has 1 heterocycles. The normalized spacial score (nSPS) is 18.6. The molecule has 0 aromatic rings.